The van der Waals surface area contributed by atoms with Gasteiger partial charge in [0, 0.05) is 37.2 Å². The molecular formula is C25H32N2O2. The third-order valence-corrected chi connectivity index (χ3v) is 5.99. The van der Waals surface area contributed by atoms with Crippen molar-refractivity contribution in [2.75, 3.05) is 13.1 Å². The Morgan fingerprint density at radius 2 is 1.66 bits per heavy atom. The molecule has 154 valence electrons. The molecule has 2 aromatic carbocycles. The molecule has 0 radical (unpaired) electrons. The van der Waals surface area contributed by atoms with E-state index in [0.29, 0.717) is 19.6 Å². The van der Waals surface area contributed by atoms with Gasteiger partial charge in [0.1, 0.15) is 0 Å². The highest BCUT2D eigenvalue weighted by atomic mass is 16.2. The van der Waals surface area contributed by atoms with Crippen LogP contribution in [0.1, 0.15) is 53.7 Å². The van der Waals surface area contributed by atoms with Crippen LogP contribution in [0.4, 0.5) is 0 Å². The molecule has 0 saturated carbocycles. The summed E-state index contributed by atoms with van der Waals surface area (Å²) in [5.41, 5.74) is 4.22. The summed E-state index contributed by atoms with van der Waals surface area (Å²) in [4.78, 5) is 29.9. The summed E-state index contributed by atoms with van der Waals surface area (Å²) in [5.74, 6) is 0.274. The van der Waals surface area contributed by atoms with Crippen LogP contribution in [0.3, 0.4) is 0 Å². The molecule has 1 aliphatic heterocycles. The second-order valence-corrected chi connectivity index (χ2v) is 8.41. The normalized spacial score (nSPS) is 14.9. The lowest BCUT2D eigenvalue weighted by molar-refractivity contribution is -0.139. The minimum absolute atomic E-state index is 0.00934. The highest BCUT2D eigenvalue weighted by Gasteiger charge is 2.31. The van der Waals surface area contributed by atoms with Crippen molar-refractivity contribution >= 4 is 11.8 Å². The lowest BCUT2D eigenvalue weighted by Crippen LogP contribution is -2.46. The van der Waals surface area contributed by atoms with E-state index in [1.54, 1.807) is 0 Å². The molecule has 0 atom stereocenters. The Morgan fingerprint density at radius 3 is 2.24 bits per heavy atom. The number of piperidine rings is 1. The lowest BCUT2D eigenvalue weighted by atomic mass is 9.93. The third kappa shape index (κ3) is 5.06. The molecule has 0 spiro atoms. The zero-order chi connectivity index (χ0) is 21.0. The second kappa shape index (κ2) is 9.25. The molecule has 29 heavy (non-hydrogen) atoms. The Bertz CT molecular complexity index is 852. The smallest absolute Gasteiger partial charge is 0.253 e. The summed E-state index contributed by atoms with van der Waals surface area (Å²) in [7, 11) is 0. The molecule has 1 aliphatic rings. The Hall–Kier alpha value is -2.62. The van der Waals surface area contributed by atoms with Crippen LogP contribution in [-0.2, 0) is 11.3 Å². The number of rotatable bonds is 5. The average Bonchev–Trinajstić information content (AvgIpc) is 2.73. The molecule has 4 nitrogen and oxygen atoms in total. The van der Waals surface area contributed by atoms with Gasteiger partial charge in [-0.2, -0.15) is 0 Å². The Balaban J connectivity index is 1.61. The molecule has 0 bridgehead atoms. The van der Waals surface area contributed by atoms with Gasteiger partial charge in [0.15, 0.2) is 0 Å². The number of benzene rings is 2. The first kappa shape index (κ1) is 21.1. The summed E-state index contributed by atoms with van der Waals surface area (Å²) >= 11 is 0. The zero-order valence-corrected chi connectivity index (χ0v) is 18.0. The fourth-order valence-corrected chi connectivity index (χ4v) is 3.92. The average molecular weight is 393 g/mol. The van der Waals surface area contributed by atoms with Crippen LogP contribution in [0, 0.1) is 19.8 Å². The van der Waals surface area contributed by atoms with Gasteiger partial charge in [-0.1, -0.05) is 36.4 Å². The Labute approximate surface area is 174 Å². The topological polar surface area (TPSA) is 40.6 Å². The molecular weight excluding hydrogens is 360 g/mol. The summed E-state index contributed by atoms with van der Waals surface area (Å²) < 4.78 is 0. The number of nitrogens with zero attached hydrogens (tertiary/aromatic N) is 2. The van der Waals surface area contributed by atoms with Crippen LogP contribution in [0.5, 0.6) is 0 Å². The van der Waals surface area contributed by atoms with Crippen molar-refractivity contribution in [3.63, 3.8) is 0 Å². The first-order chi connectivity index (χ1) is 13.9. The van der Waals surface area contributed by atoms with E-state index in [4.69, 9.17) is 0 Å². The highest BCUT2D eigenvalue weighted by Crippen LogP contribution is 2.24. The van der Waals surface area contributed by atoms with Crippen molar-refractivity contribution in [3.8, 4) is 0 Å². The summed E-state index contributed by atoms with van der Waals surface area (Å²) in [6, 6.07) is 16.2. The largest absolute Gasteiger partial charge is 0.339 e. The quantitative estimate of drug-likeness (QED) is 0.746. The summed E-state index contributed by atoms with van der Waals surface area (Å²) in [6.07, 6.45) is 1.46. The number of aryl methyl sites for hydroxylation is 2. The van der Waals surface area contributed by atoms with Crippen LogP contribution >= 0.6 is 0 Å². The minimum atomic E-state index is -0.00934. The van der Waals surface area contributed by atoms with Gasteiger partial charge in [-0.15, -0.1) is 0 Å². The van der Waals surface area contributed by atoms with Gasteiger partial charge in [-0.25, -0.2) is 0 Å². The monoisotopic (exact) mass is 392 g/mol. The van der Waals surface area contributed by atoms with Crippen LogP contribution in [0.2, 0.25) is 0 Å². The molecule has 1 heterocycles. The maximum Gasteiger partial charge on any atom is 0.253 e. The minimum Gasteiger partial charge on any atom is -0.339 e. The maximum absolute atomic E-state index is 13.2. The van der Waals surface area contributed by atoms with Crippen molar-refractivity contribution in [1.82, 2.24) is 9.80 Å². The molecule has 0 aliphatic carbocycles. The van der Waals surface area contributed by atoms with Gasteiger partial charge in [-0.05, 0) is 69.4 Å². The van der Waals surface area contributed by atoms with Crippen molar-refractivity contribution in [3.05, 3.63) is 70.8 Å². The first-order valence-electron chi connectivity index (χ1n) is 10.6. The van der Waals surface area contributed by atoms with Crippen LogP contribution < -0.4 is 0 Å². The first-order valence-corrected chi connectivity index (χ1v) is 10.6. The zero-order valence-electron chi connectivity index (χ0n) is 18.0. The molecule has 1 saturated heterocycles. The Kier molecular flexibility index (Phi) is 6.73. The van der Waals surface area contributed by atoms with Gasteiger partial charge in [0.2, 0.25) is 5.91 Å². The van der Waals surface area contributed by atoms with Crippen molar-refractivity contribution in [2.24, 2.45) is 5.92 Å². The van der Waals surface area contributed by atoms with Gasteiger partial charge >= 0.3 is 0 Å². The van der Waals surface area contributed by atoms with E-state index in [9.17, 15) is 9.59 Å². The van der Waals surface area contributed by atoms with E-state index in [2.05, 4.69) is 32.9 Å². The highest BCUT2D eigenvalue weighted by molar-refractivity contribution is 5.94. The van der Waals surface area contributed by atoms with E-state index < -0.39 is 0 Å². The summed E-state index contributed by atoms with van der Waals surface area (Å²) in [6.45, 7) is 10.1. The van der Waals surface area contributed by atoms with E-state index in [-0.39, 0.29) is 23.8 Å². The van der Waals surface area contributed by atoms with Gasteiger partial charge < -0.3 is 9.80 Å². The van der Waals surface area contributed by atoms with Crippen LogP contribution in [0.25, 0.3) is 0 Å². The fourth-order valence-electron chi connectivity index (χ4n) is 3.92. The van der Waals surface area contributed by atoms with E-state index in [0.717, 1.165) is 29.5 Å². The van der Waals surface area contributed by atoms with E-state index in [1.807, 2.05) is 53.1 Å². The molecule has 0 aromatic heterocycles. The SMILES string of the molecule is Cc1ccc(C(=O)N2CCC(C(=O)N(Cc3ccccc3)C(C)C)CC2)cc1C. The van der Waals surface area contributed by atoms with Crippen molar-refractivity contribution in [2.45, 2.75) is 53.1 Å². The van der Waals surface area contributed by atoms with Gasteiger partial charge in [-0.3, -0.25) is 9.59 Å². The van der Waals surface area contributed by atoms with Crippen LogP contribution in [-0.4, -0.2) is 40.7 Å². The van der Waals surface area contributed by atoms with Crippen molar-refractivity contribution < 1.29 is 9.59 Å². The summed E-state index contributed by atoms with van der Waals surface area (Å²) in [5, 5.41) is 0. The molecule has 0 unspecified atom stereocenters. The maximum atomic E-state index is 13.2. The molecule has 2 aromatic rings. The van der Waals surface area contributed by atoms with E-state index >= 15 is 0 Å². The van der Waals surface area contributed by atoms with Crippen molar-refractivity contribution in [1.29, 1.82) is 0 Å². The number of carbonyl (C=O) groups is 2. The molecule has 4 heteroatoms. The predicted octanol–water partition coefficient (Wildman–Crippen LogP) is 4.59. The van der Waals surface area contributed by atoms with Gasteiger partial charge in [0.05, 0.1) is 0 Å². The number of likely N-dealkylation sites (tertiary alicyclic amines) is 1. The van der Waals surface area contributed by atoms with Gasteiger partial charge in [0.25, 0.3) is 5.91 Å². The second-order valence-electron chi connectivity index (χ2n) is 8.41. The lowest BCUT2D eigenvalue weighted by Gasteiger charge is -2.36. The molecule has 3 rings (SSSR count). The number of hydrogen-bond acceptors (Lipinski definition) is 2. The van der Waals surface area contributed by atoms with Crippen LogP contribution in [0.15, 0.2) is 48.5 Å². The third-order valence-electron chi connectivity index (χ3n) is 5.99. The standard InChI is InChI=1S/C25H32N2O2/c1-18(2)27(17-21-8-6-5-7-9-21)25(29)22-12-14-26(15-13-22)24(28)23-11-10-19(3)20(4)16-23/h5-11,16,18,22H,12-15,17H2,1-4H3. The number of carbonyl (C=O) groups excluding carboxylic acids is 2. The number of hydrogen-bond donors (Lipinski definition) is 0. The Morgan fingerprint density at radius 1 is 1.00 bits per heavy atom. The number of amides is 2. The molecule has 0 N–H and O–H groups in total. The predicted molar refractivity (Wildman–Crippen MR) is 117 cm³/mol. The molecule has 1 fully saturated rings. The molecule has 2 amide bonds. The van der Waals surface area contributed by atoms with E-state index in [1.165, 1.54) is 5.56 Å². The fraction of sp³-hybridized carbons (Fsp3) is 0.440.